The van der Waals surface area contributed by atoms with E-state index >= 15 is 0 Å². The first-order valence-electron chi connectivity index (χ1n) is 16.9. The van der Waals surface area contributed by atoms with Crippen LogP contribution in [-0.4, -0.2) is 19.5 Å². The molecule has 0 spiro atoms. The first kappa shape index (κ1) is 27.9. The summed E-state index contributed by atoms with van der Waals surface area (Å²) in [6.45, 7) is 0. The molecule has 6 heteroatoms. The van der Waals surface area contributed by atoms with E-state index in [2.05, 4.69) is 95.6 Å². The van der Waals surface area contributed by atoms with Crippen LogP contribution in [0.2, 0.25) is 0 Å². The predicted octanol–water partition coefficient (Wildman–Crippen LogP) is 11.8. The zero-order valence-electron chi connectivity index (χ0n) is 27.1. The summed E-state index contributed by atoms with van der Waals surface area (Å²) in [6.07, 6.45) is 0. The molecule has 11 aromatic rings. The van der Waals surface area contributed by atoms with Crippen molar-refractivity contribution in [1.29, 1.82) is 0 Å². The molecule has 0 aliphatic rings. The summed E-state index contributed by atoms with van der Waals surface area (Å²) >= 11 is 0. The smallest absolute Gasteiger partial charge is 0.167 e. The molecule has 11 rings (SSSR count). The average Bonchev–Trinajstić information content (AvgIpc) is 3.86. The fourth-order valence-electron chi connectivity index (χ4n) is 7.50. The van der Waals surface area contributed by atoms with Crippen LogP contribution in [0.25, 0.3) is 106 Å². The number of fused-ring (bicyclic) bond motifs is 9. The van der Waals surface area contributed by atoms with Crippen LogP contribution in [0.4, 0.5) is 0 Å². The molecule has 0 N–H and O–H groups in total. The molecule has 238 valence electrons. The Morgan fingerprint density at radius 2 is 1.04 bits per heavy atom. The fourth-order valence-corrected chi connectivity index (χ4v) is 7.50. The molecule has 0 atom stereocenters. The van der Waals surface area contributed by atoms with Crippen molar-refractivity contribution in [2.24, 2.45) is 0 Å². The summed E-state index contributed by atoms with van der Waals surface area (Å²) < 4.78 is 15.3. The minimum absolute atomic E-state index is 0.539. The number of aromatic nitrogens is 4. The van der Waals surface area contributed by atoms with Gasteiger partial charge in [0, 0.05) is 49.1 Å². The van der Waals surface area contributed by atoms with E-state index in [1.165, 1.54) is 5.39 Å². The summed E-state index contributed by atoms with van der Waals surface area (Å²) in [4.78, 5) is 15.1. The van der Waals surface area contributed by atoms with Crippen LogP contribution in [-0.2, 0) is 0 Å². The van der Waals surface area contributed by atoms with Crippen LogP contribution < -0.4 is 0 Å². The second-order valence-electron chi connectivity index (χ2n) is 12.8. The van der Waals surface area contributed by atoms with E-state index in [9.17, 15) is 0 Å². The van der Waals surface area contributed by atoms with Crippen molar-refractivity contribution in [3.05, 3.63) is 158 Å². The van der Waals surface area contributed by atoms with Crippen LogP contribution in [0.5, 0.6) is 0 Å². The topological polar surface area (TPSA) is 69.9 Å². The maximum Gasteiger partial charge on any atom is 0.167 e. The average molecular weight is 655 g/mol. The molecule has 6 nitrogen and oxygen atoms in total. The first-order chi connectivity index (χ1) is 25.3. The van der Waals surface area contributed by atoms with Crippen LogP contribution in [0.3, 0.4) is 0 Å². The highest BCUT2D eigenvalue weighted by molar-refractivity contribution is 6.18. The molecule has 0 bridgehead atoms. The summed E-state index contributed by atoms with van der Waals surface area (Å²) in [5.41, 5.74) is 9.13. The molecular formula is C45H26N4O2. The monoisotopic (exact) mass is 654 g/mol. The van der Waals surface area contributed by atoms with Crippen LogP contribution >= 0.6 is 0 Å². The Balaban J connectivity index is 1.14. The van der Waals surface area contributed by atoms with E-state index in [-0.39, 0.29) is 0 Å². The van der Waals surface area contributed by atoms with Crippen molar-refractivity contribution in [2.75, 3.05) is 0 Å². The number of hydrogen-bond donors (Lipinski definition) is 0. The quantitative estimate of drug-likeness (QED) is 0.189. The van der Waals surface area contributed by atoms with Gasteiger partial charge in [-0.05, 0) is 54.6 Å². The third-order valence-electron chi connectivity index (χ3n) is 9.85. The van der Waals surface area contributed by atoms with E-state index in [0.717, 1.165) is 82.7 Å². The molecule has 0 saturated carbocycles. The van der Waals surface area contributed by atoms with E-state index in [1.54, 1.807) is 0 Å². The van der Waals surface area contributed by atoms with Crippen molar-refractivity contribution in [2.45, 2.75) is 0 Å². The Kier molecular flexibility index (Phi) is 5.86. The highest BCUT2D eigenvalue weighted by Gasteiger charge is 2.21. The molecule has 0 fully saturated rings. The number of hydrogen-bond acceptors (Lipinski definition) is 5. The molecule has 0 amide bonds. The van der Waals surface area contributed by atoms with Gasteiger partial charge in [0.1, 0.15) is 22.3 Å². The van der Waals surface area contributed by atoms with Gasteiger partial charge in [-0.1, -0.05) is 103 Å². The summed E-state index contributed by atoms with van der Waals surface area (Å²) in [6, 6.07) is 53.9. The predicted molar refractivity (Wildman–Crippen MR) is 205 cm³/mol. The highest BCUT2D eigenvalue weighted by atomic mass is 16.3. The van der Waals surface area contributed by atoms with Gasteiger partial charge in [-0.3, -0.25) is 0 Å². The van der Waals surface area contributed by atoms with Gasteiger partial charge in [-0.25, -0.2) is 15.0 Å². The second-order valence-corrected chi connectivity index (χ2v) is 12.8. The van der Waals surface area contributed by atoms with Gasteiger partial charge in [0.25, 0.3) is 0 Å². The molecule has 4 heterocycles. The maximum absolute atomic E-state index is 6.77. The molecule has 0 aliphatic heterocycles. The largest absolute Gasteiger partial charge is 0.456 e. The van der Waals surface area contributed by atoms with Crippen molar-refractivity contribution in [3.63, 3.8) is 0 Å². The highest BCUT2D eigenvalue weighted by Crippen LogP contribution is 2.41. The lowest BCUT2D eigenvalue weighted by atomic mass is 10.1. The number of rotatable bonds is 4. The normalized spacial score (nSPS) is 11.9. The molecule has 0 saturated heterocycles. The van der Waals surface area contributed by atoms with Gasteiger partial charge >= 0.3 is 0 Å². The van der Waals surface area contributed by atoms with E-state index < -0.39 is 0 Å². The standard InChI is InChI=1S/C45H26N4O2/c1-3-12-27(13-4-1)43-46-44(28-22-23-32-31-17-8-10-21-39(31)50-40(32)24-28)48-45(47-43)34-19-11-18-33-36-25-38-35(26-41(36)51-42(33)34)30-16-7-9-20-37(30)49(38)29-14-5-2-6-15-29/h1-26H. The van der Waals surface area contributed by atoms with Gasteiger partial charge in [-0.15, -0.1) is 0 Å². The van der Waals surface area contributed by atoms with Crippen LogP contribution in [0, 0.1) is 0 Å². The van der Waals surface area contributed by atoms with Gasteiger partial charge in [0.05, 0.1) is 16.6 Å². The van der Waals surface area contributed by atoms with E-state index in [1.807, 2.05) is 66.7 Å². The molecular weight excluding hydrogens is 629 g/mol. The lowest BCUT2D eigenvalue weighted by Gasteiger charge is -2.09. The number of benzene rings is 7. The Bertz CT molecular complexity index is 3140. The molecule has 4 aromatic heterocycles. The zero-order valence-corrected chi connectivity index (χ0v) is 27.1. The molecule has 7 aromatic carbocycles. The number of furan rings is 2. The lowest BCUT2D eigenvalue weighted by Crippen LogP contribution is -2.00. The summed E-state index contributed by atoms with van der Waals surface area (Å²) in [7, 11) is 0. The summed E-state index contributed by atoms with van der Waals surface area (Å²) in [5, 5.41) is 6.48. The van der Waals surface area contributed by atoms with E-state index in [0.29, 0.717) is 17.5 Å². The van der Waals surface area contributed by atoms with Gasteiger partial charge in [-0.2, -0.15) is 0 Å². The SMILES string of the molecule is c1ccc(-c2nc(-c3ccc4c(c3)oc3ccccc34)nc(-c3cccc4c3oc3cc5c6ccccc6n(-c6ccccc6)c5cc34)n2)cc1. The fraction of sp³-hybridized carbons (Fsp3) is 0. The van der Waals surface area contributed by atoms with Gasteiger partial charge < -0.3 is 13.4 Å². The second kappa shape index (κ2) is 10.7. The molecule has 0 unspecified atom stereocenters. The zero-order chi connectivity index (χ0) is 33.5. The van der Waals surface area contributed by atoms with Gasteiger partial charge in [0.15, 0.2) is 17.5 Å². The Morgan fingerprint density at radius 3 is 1.90 bits per heavy atom. The Hall–Kier alpha value is -7.05. The van der Waals surface area contributed by atoms with Crippen molar-refractivity contribution in [1.82, 2.24) is 19.5 Å². The minimum Gasteiger partial charge on any atom is -0.456 e. The first-order valence-corrected chi connectivity index (χ1v) is 16.9. The Morgan fingerprint density at radius 1 is 0.373 bits per heavy atom. The van der Waals surface area contributed by atoms with Crippen molar-refractivity contribution in [3.8, 4) is 39.9 Å². The molecule has 0 aliphatic carbocycles. The number of nitrogens with zero attached hydrogens (tertiary/aromatic N) is 4. The lowest BCUT2D eigenvalue weighted by molar-refractivity contribution is 0.668. The third kappa shape index (κ3) is 4.26. The third-order valence-corrected chi connectivity index (χ3v) is 9.85. The van der Waals surface area contributed by atoms with Gasteiger partial charge in [0.2, 0.25) is 0 Å². The van der Waals surface area contributed by atoms with Crippen LogP contribution in [0.15, 0.2) is 167 Å². The maximum atomic E-state index is 6.77. The summed E-state index contributed by atoms with van der Waals surface area (Å²) in [5.74, 6) is 1.68. The minimum atomic E-state index is 0.539. The Labute approximate surface area is 290 Å². The van der Waals surface area contributed by atoms with Crippen molar-refractivity contribution < 1.29 is 8.83 Å². The molecule has 0 radical (unpaired) electrons. The molecule has 51 heavy (non-hydrogen) atoms. The number of para-hydroxylation sites is 4. The van der Waals surface area contributed by atoms with E-state index in [4.69, 9.17) is 23.8 Å². The van der Waals surface area contributed by atoms with Crippen molar-refractivity contribution >= 4 is 65.7 Å². The van der Waals surface area contributed by atoms with Crippen LogP contribution in [0.1, 0.15) is 0 Å².